The number of nitrogens with one attached hydrogen (secondary N) is 2. The summed E-state index contributed by atoms with van der Waals surface area (Å²) < 4.78 is 0. The average molecular weight is 424 g/mol. The second kappa shape index (κ2) is 12.7. The third kappa shape index (κ3) is 8.42. The number of rotatable bonds is 10. The first-order valence-electron chi connectivity index (χ1n) is 10.9. The molecule has 0 spiro atoms. The summed E-state index contributed by atoms with van der Waals surface area (Å²) in [6.45, 7) is 4.81. The van der Waals surface area contributed by atoms with Crippen molar-refractivity contribution in [2.24, 2.45) is 4.99 Å². The lowest BCUT2D eigenvalue weighted by Gasteiger charge is -2.25. The highest BCUT2D eigenvalue weighted by Crippen LogP contribution is 2.09. The largest absolute Gasteiger partial charge is 0.356 e. The molecule has 0 saturated heterocycles. The normalized spacial score (nSPS) is 12.5. The van der Waals surface area contributed by atoms with E-state index in [2.05, 4.69) is 70.9 Å². The lowest BCUT2D eigenvalue weighted by atomic mass is 10.1. The average Bonchev–Trinajstić information content (AvgIpc) is 2.78. The van der Waals surface area contributed by atoms with E-state index in [9.17, 15) is 4.79 Å². The van der Waals surface area contributed by atoms with E-state index in [0.717, 1.165) is 49.6 Å². The first-order valence-corrected chi connectivity index (χ1v) is 10.9. The fraction of sp³-hybridized carbons (Fsp3) is 0.440. The van der Waals surface area contributed by atoms with Crippen LogP contribution < -0.4 is 10.6 Å². The number of hydrogen-bond donors (Lipinski definition) is 2. The monoisotopic (exact) mass is 423 g/mol. The van der Waals surface area contributed by atoms with Gasteiger partial charge in [0.15, 0.2) is 5.96 Å². The van der Waals surface area contributed by atoms with Gasteiger partial charge in [-0.15, -0.1) is 0 Å². The summed E-state index contributed by atoms with van der Waals surface area (Å²) >= 11 is 0. The second-order valence-electron chi connectivity index (χ2n) is 8.11. The summed E-state index contributed by atoms with van der Waals surface area (Å²) in [5, 5.41) is 6.76. The maximum atomic E-state index is 12.1. The van der Waals surface area contributed by atoms with Crippen LogP contribution in [0.2, 0.25) is 0 Å². The molecule has 0 fully saturated rings. The van der Waals surface area contributed by atoms with Gasteiger partial charge in [-0.2, -0.15) is 0 Å². The molecule has 2 rings (SSSR count). The first kappa shape index (κ1) is 24.4. The molecule has 2 aromatic carbocycles. The van der Waals surface area contributed by atoms with E-state index >= 15 is 0 Å². The first-order chi connectivity index (χ1) is 14.9. The van der Waals surface area contributed by atoms with E-state index in [1.165, 1.54) is 5.56 Å². The van der Waals surface area contributed by atoms with E-state index in [-0.39, 0.29) is 5.91 Å². The Hall–Kier alpha value is -2.86. The van der Waals surface area contributed by atoms with Crippen LogP contribution in [0.4, 0.5) is 0 Å². The lowest BCUT2D eigenvalue weighted by Crippen LogP contribution is -2.40. The molecule has 2 aromatic rings. The van der Waals surface area contributed by atoms with Crippen molar-refractivity contribution < 1.29 is 4.79 Å². The SMILES string of the molecule is CN=C(NCCc1cccc(C(=O)N(C)C)c1)NCCC(C)N(C)Cc1ccccc1. The quantitative estimate of drug-likeness (QED) is 0.456. The van der Waals surface area contributed by atoms with Crippen LogP contribution in [-0.2, 0) is 13.0 Å². The summed E-state index contributed by atoms with van der Waals surface area (Å²) in [5.41, 5.74) is 3.18. The zero-order valence-corrected chi connectivity index (χ0v) is 19.6. The van der Waals surface area contributed by atoms with Gasteiger partial charge in [-0.25, -0.2) is 0 Å². The van der Waals surface area contributed by atoms with Gasteiger partial charge in [0.25, 0.3) is 5.91 Å². The number of carbonyl (C=O) groups excluding carboxylic acids is 1. The van der Waals surface area contributed by atoms with Crippen molar-refractivity contribution in [3.05, 3.63) is 71.3 Å². The van der Waals surface area contributed by atoms with Crippen molar-refractivity contribution in [3.63, 3.8) is 0 Å². The highest BCUT2D eigenvalue weighted by atomic mass is 16.2. The van der Waals surface area contributed by atoms with Crippen LogP contribution in [0.1, 0.15) is 34.8 Å². The Kier molecular flexibility index (Phi) is 10.0. The Morgan fingerprint density at radius 1 is 0.968 bits per heavy atom. The van der Waals surface area contributed by atoms with Gasteiger partial charge in [-0.1, -0.05) is 42.5 Å². The topological polar surface area (TPSA) is 60.0 Å². The van der Waals surface area contributed by atoms with Crippen molar-refractivity contribution in [2.75, 3.05) is 41.3 Å². The third-order valence-electron chi connectivity index (χ3n) is 5.39. The molecule has 6 heteroatoms. The molecular weight excluding hydrogens is 386 g/mol. The highest BCUT2D eigenvalue weighted by Gasteiger charge is 2.10. The molecule has 0 heterocycles. The van der Waals surface area contributed by atoms with Crippen LogP contribution >= 0.6 is 0 Å². The predicted molar refractivity (Wildman–Crippen MR) is 130 cm³/mol. The fourth-order valence-corrected chi connectivity index (χ4v) is 3.31. The smallest absolute Gasteiger partial charge is 0.253 e. The molecule has 0 bridgehead atoms. The Morgan fingerprint density at radius 3 is 2.32 bits per heavy atom. The van der Waals surface area contributed by atoms with Crippen LogP contribution in [0, 0.1) is 0 Å². The highest BCUT2D eigenvalue weighted by molar-refractivity contribution is 5.94. The van der Waals surface area contributed by atoms with E-state index in [1.54, 1.807) is 26.0 Å². The molecule has 0 saturated carbocycles. The van der Waals surface area contributed by atoms with Crippen LogP contribution in [0.15, 0.2) is 59.6 Å². The zero-order chi connectivity index (χ0) is 22.6. The number of carbonyl (C=O) groups is 1. The maximum Gasteiger partial charge on any atom is 0.253 e. The van der Waals surface area contributed by atoms with Gasteiger partial charge in [0.05, 0.1) is 0 Å². The zero-order valence-electron chi connectivity index (χ0n) is 19.6. The number of guanidine groups is 1. The fourth-order valence-electron chi connectivity index (χ4n) is 3.31. The number of aliphatic imine (C=N–C) groups is 1. The molecule has 0 aromatic heterocycles. The molecule has 6 nitrogen and oxygen atoms in total. The van der Waals surface area contributed by atoms with Gasteiger partial charge < -0.3 is 15.5 Å². The number of benzene rings is 2. The van der Waals surface area contributed by atoms with Crippen LogP contribution in [-0.4, -0.2) is 69.0 Å². The van der Waals surface area contributed by atoms with E-state index in [0.29, 0.717) is 6.04 Å². The van der Waals surface area contributed by atoms with Gasteiger partial charge >= 0.3 is 0 Å². The molecule has 0 radical (unpaired) electrons. The van der Waals surface area contributed by atoms with Gasteiger partial charge in [0.2, 0.25) is 0 Å². The second-order valence-corrected chi connectivity index (χ2v) is 8.11. The predicted octanol–water partition coefficient (Wildman–Crippen LogP) is 3.01. The van der Waals surface area contributed by atoms with Crippen molar-refractivity contribution in [3.8, 4) is 0 Å². The minimum Gasteiger partial charge on any atom is -0.356 e. The van der Waals surface area contributed by atoms with Crippen LogP contribution in [0.3, 0.4) is 0 Å². The van der Waals surface area contributed by atoms with Crippen molar-refractivity contribution in [2.45, 2.75) is 32.4 Å². The van der Waals surface area contributed by atoms with Crippen molar-refractivity contribution in [1.29, 1.82) is 0 Å². The van der Waals surface area contributed by atoms with Gasteiger partial charge in [0.1, 0.15) is 0 Å². The van der Waals surface area contributed by atoms with Crippen LogP contribution in [0.5, 0.6) is 0 Å². The van der Waals surface area contributed by atoms with Crippen molar-refractivity contribution >= 4 is 11.9 Å². The molecule has 2 N–H and O–H groups in total. The maximum absolute atomic E-state index is 12.1. The van der Waals surface area contributed by atoms with Crippen molar-refractivity contribution in [1.82, 2.24) is 20.4 Å². The van der Waals surface area contributed by atoms with E-state index in [4.69, 9.17) is 0 Å². The molecule has 1 unspecified atom stereocenters. The molecule has 1 atom stereocenters. The van der Waals surface area contributed by atoms with Crippen LogP contribution in [0.25, 0.3) is 0 Å². The summed E-state index contributed by atoms with van der Waals surface area (Å²) in [6, 6.07) is 18.8. The number of hydrogen-bond acceptors (Lipinski definition) is 3. The summed E-state index contributed by atoms with van der Waals surface area (Å²) in [5.74, 6) is 0.831. The number of amides is 1. The molecule has 1 amide bonds. The Bertz CT molecular complexity index is 835. The van der Waals surface area contributed by atoms with E-state index in [1.807, 2.05) is 18.2 Å². The van der Waals surface area contributed by atoms with Gasteiger partial charge in [-0.3, -0.25) is 14.7 Å². The molecule has 0 aliphatic rings. The van der Waals surface area contributed by atoms with Gasteiger partial charge in [0, 0.05) is 52.4 Å². The Morgan fingerprint density at radius 2 is 1.65 bits per heavy atom. The summed E-state index contributed by atoms with van der Waals surface area (Å²) in [6.07, 6.45) is 1.85. The van der Waals surface area contributed by atoms with Gasteiger partial charge in [-0.05, 0) is 50.1 Å². The lowest BCUT2D eigenvalue weighted by molar-refractivity contribution is 0.0827. The van der Waals surface area contributed by atoms with E-state index < -0.39 is 0 Å². The minimum atomic E-state index is 0.0265. The minimum absolute atomic E-state index is 0.0265. The summed E-state index contributed by atoms with van der Waals surface area (Å²) in [7, 11) is 7.50. The standard InChI is InChI=1S/C25H37N5O/c1-20(30(5)19-22-10-7-6-8-11-22)14-16-27-25(26-2)28-17-15-21-12-9-13-23(18-21)24(31)29(3)4/h6-13,18,20H,14-17,19H2,1-5H3,(H2,26,27,28). The molecule has 168 valence electrons. The third-order valence-corrected chi connectivity index (χ3v) is 5.39. The Balaban J connectivity index is 1.71. The Labute approximate surface area is 187 Å². The molecule has 0 aliphatic heterocycles. The molecular formula is C25H37N5O. The molecule has 0 aliphatic carbocycles. The summed E-state index contributed by atoms with van der Waals surface area (Å²) in [4.78, 5) is 20.4. The molecule has 31 heavy (non-hydrogen) atoms. The number of nitrogens with zero attached hydrogens (tertiary/aromatic N) is 3.